The van der Waals surface area contributed by atoms with Crippen molar-refractivity contribution in [3.8, 4) is 28.3 Å². The predicted octanol–water partition coefficient (Wildman–Crippen LogP) is 1.47. The van der Waals surface area contributed by atoms with Crippen LogP contribution in [0.15, 0.2) is 58.1 Å². The summed E-state index contributed by atoms with van der Waals surface area (Å²) in [5.74, 6) is 0.951. The molecule has 172 valence electrons. The summed E-state index contributed by atoms with van der Waals surface area (Å²) in [4.78, 5) is 26.3. The molecule has 0 aliphatic heterocycles. The standard InChI is InChI=1S/C23H21N7O4/c1-13-17(25-12-34-13)10-29-23(32)30-21(28-29)19(15-8-16(11-31)26-18(9-15)33-2)20(27-22(30)24)14-6-4-3-5-7-14/h3-9,12,31H,10-11H2,1-2H3,(H2,24,26,27,28)/p+1. The highest BCUT2D eigenvalue weighted by molar-refractivity contribution is 5.89. The van der Waals surface area contributed by atoms with Crippen molar-refractivity contribution < 1.29 is 18.7 Å². The monoisotopic (exact) mass is 460 g/mol. The van der Waals surface area contributed by atoms with E-state index >= 15 is 0 Å². The summed E-state index contributed by atoms with van der Waals surface area (Å²) < 4.78 is 13.3. The number of methoxy groups -OCH3 is 1. The van der Waals surface area contributed by atoms with E-state index in [1.165, 1.54) is 22.6 Å². The molecule has 0 fully saturated rings. The maximum absolute atomic E-state index is 13.3. The Balaban J connectivity index is 1.84. The van der Waals surface area contributed by atoms with Gasteiger partial charge in [-0.15, -0.1) is 9.38 Å². The number of fused-ring (bicyclic) bond motifs is 1. The molecule has 0 atom stereocenters. The van der Waals surface area contributed by atoms with Crippen molar-refractivity contribution in [2.45, 2.75) is 20.1 Å². The predicted molar refractivity (Wildman–Crippen MR) is 122 cm³/mol. The molecule has 1 aromatic carbocycles. The highest BCUT2D eigenvalue weighted by Gasteiger charge is 2.27. The Morgan fingerprint density at radius 3 is 2.68 bits per heavy atom. The van der Waals surface area contributed by atoms with Crippen LogP contribution in [0.3, 0.4) is 0 Å². The number of pyridine rings is 1. The van der Waals surface area contributed by atoms with E-state index in [0.717, 1.165) is 5.56 Å². The number of aromatic amines is 1. The van der Waals surface area contributed by atoms with Gasteiger partial charge in [0, 0.05) is 11.6 Å². The number of H-pyrrole nitrogens is 1. The number of nitrogens with one attached hydrogen (secondary N) is 1. The summed E-state index contributed by atoms with van der Waals surface area (Å²) in [7, 11) is 1.50. The zero-order chi connectivity index (χ0) is 23.8. The number of aromatic nitrogens is 6. The molecule has 11 nitrogen and oxygen atoms in total. The number of aliphatic hydroxyl groups is 1. The average Bonchev–Trinajstić information content (AvgIpc) is 3.41. The summed E-state index contributed by atoms with van der Waals surface area (Å²) in [5.41, 5.74) is 9.91. The molecule has 4 heterocycles. The van der Waals surface area contributed by atoms with Gasteiger partial charge < -0.3 is 20.0 Å². The number of aliphatic hydroxyl groups excluding tert-OH is 1. The third-order valence-electron chi connectivity index (χ3n) is 5.53. The number of hydrogen-bond donors (Lipinski definition) is 3. The van der Waals surface area contributed by atoms with E-state index in [1.54, 1.807) is 19.1 Å². The highest BCUT2D eigenvalue weighted by atomic mass is 16.5. The van der Waals surface area contributed by atoms with E-state index in [9.17, 15) is 9.90 Å². The van der Waals surface area contributed by atoms with Gasteiger partial charge in [0.15, 0.2) is 6.39 Å². The second-order valence-corrected chi connectivity index (χ2v) is 7.63. The Labute approximate surface area is 193 Å². The van der Waals surface area contributed by atoms with Gasteiger partial charge >= 0.3 is 11.6 Å². The van der Waals surface area contributed by atoms with Gasteiger partial charge in [-0.3, -0.25) is 0 Å². The molecular weight excluding hydrogens is 438 g/mol. The maximum Gasteiger partial charge on any atom is 0.428 e. The molecule has 5 aromatic rings. The molecule has 4 N–H and O–H groups in total. The van der Waals surface area contributed by atoms with Crippen molar-refractivity contribution in [2.75, 3.05) is 12.8 Å². The minimum Gasteiger partial charge on any atom is -0.481 e. The fraction of sp³-hybridized carbons (Fsp3) is 0.174. The first kappa shape index (κ1) is 21.3. The number of ether oxygens (including phenoxy) is 1. The summed E-state index contributed by atoms with van der Waals surface area (Å²) in [6, 6.07) is 12.9. The van der Waals surface area contributed by atoms with Crippen LogP contribution in [0, 0.1) is 6.92 Å². The fourth-order valence-corrected chi connectivity index (χ4v) is 3.86. The Kier molecular flexibility index (Phi) is 5.30. The number of nitrogen functional groups attached to an aromatic ring is 1. The van der Waals surface area contributed by atoms with Gasteiger partial charge in [-0.25, -0.2) is 19.9 Å². The van der Waals surface area contributed by atoms with E-state index < -0.39 is 5.69 Å². The number of oxazole rings is 1. The normalized spacial score (nSPS) is 11.3. The van der Waals surface area contributed by atoms with Crippen molar-refractivity contribution in [1.82, 2.24) is 24.7 Å². The van der Waals surface area contributed by atoms with Crippen LogP contribution in [0.25, 0.3) is 28.0 Å². The van der Waals surface area contributed by atoms with E-state index in [2.05, 4.69) is 20.1 Å². The molecule has 0 spiro atoms. The highest BCUT2D eigenvalue weighted by Crippen LogP contribution is 2.34. The van der Waals surface area contributed by atoms with E-state index in [4.69, 9.17) is 14.9 Å². The quantitative estimate of drug-likeness (QED) is 0.323. The molecule has 11 heteroatoms. The minimum atomic E-state index is -0.410. The van der Waals surface area contributed by atoms with Crippen LogP contribution in [0.5, 0.6) is 5.88 Å². The first-order valence-electron chi connectivity index (χ1n) is 10.4. The lowest BCUT2D eigenvalue weighted by Gasteiger charge is -2.11. The Hall–Kier alpha value is -4.51. The lowest BCUT2D eigenvalue weighted by molar-refractivity contribution is -0.516. The van der Waals surface area contributed by atoms with Crippen LogP contribution in [0.4, 0.5) is 5.95 Å². The van der Waals surface area contributed by atoms with Crippen molar-refractivity contribution in [3.05, 3.63) is 76.5 Å². The molecule has 0 saturated carbocycles. The molecule has 0 unspecified atom stereocenters. The number of hydrogen-bond acceptors (Lipinski definition) is 8. The van der Waals surface area contributed by atoms with Crippen LogP contribution in [0.1, 0.15) is 17.1 Å². The average molecular weight is 460 g/mol. The molecule has 0 saturated heterocycles. The van der Waals surface area contributed by atoms with E-state index in [0.29, 0.717) is 45.5 Å². The summed E-state index contributed by atoms with van der Waals surface area (Å²) in [6.45, 7) is 1.65. The van der Waals surface area contributed by atoms with Crippen LogP contribution in [-0.2, 0) is 13.2 Å². The molecule has 0 amide bonds. The smallest absolute Gasteiger partial charge is 0.428 e. The van der Waals surface area contributed by atoms with Crippen molar-refractivity contribution in [2.24, 2.45) is 0 Å². The minimum absolute atomic E-state index is 0.0258. The first-order valence-corrected chi connectivity index (χ1v) is 10.4. The van der Waals surface area contributed by atoms with E-state index in [1.807, 2.05) is 30.3 Å². The largest absolute Gasteiger partial charge is 0.481 e. The Morgan fingerprint density at radius 1 is 1.21 bits per heavy atom. The number of aryl methyl sites for hydroxylation is 1. The number of anilines is 1. The summed E-state index contributed by atoms with van der Waals surface area (Å²) in [6.07, 6.45) is 1.33. The number of benzene rings is 1. The molecule has 34 heavy (non-hydrogen) atoms. The fourth-order valence-electron chi connectivity index (χ4n) is 3.86. The van der Waals surface area contributed by atoms with Gasteiger partial charge in [-0.2, -0.15) is 4.68 Å². The molecule has 0 aliphatic rings. The molecule has 0 aliphatic carbocycles. The SMILES string of the molecule is COc1cc(-c2c(-c3ccccc3)nc(N)[n+]3c(=O)n(Cc4ncoc4C)[nH]c23)cc(CO)n1. The lowest BCUT2D eigenvalue weighted by atomic mass is 10.00. The lowest BCUT2D eigenvalue weighted by Crippen LogP contribution is -2.44. The van der Waals surface area contributed by atoms with Gasteiger partial charge in [0.25, 0.3) is 0 Å². The maximum atomic E-state index is 13.3. The Morgan fingerprint density at radius 2 is 2.00 bits per heavy atom. The third kappa shape index (κ3) is 3.57. The van der Waals surface area contributed by atoms with Crippen LogP contribution < -0.4 is 20.6 Å². The number of nitrogens with two attached hydrogens (primary N) is 1. The van der Waals surface area contributed by atoms with Gasteiger partial charge in [0.1, 0.15) is 23.7 Å². The third-order valence-corrected chi connectivity index (χ3v) is 5.53. The van der Waals surface area contributed by atoms with Crippen molar-refractivity contribution in [3.63, 3.8) is 0 Å². The van der Waals surface area contributed by atoms with Gasteiger partial charge in [0.2, 0.25) is 11.5 Å². The molecule has 0 bridgehead atoms. The molecular formula is C23H22N7O4+. The topological polar surface area (TPSA) is 149 Å². The first-order chi connectivity index (χ1) is 16.5. The van der Waals surface area contributed by atoms with E-state index in [-0.39, 0.29) is 19.1 Å². The Bertz CT molecular complexity index is 1530. The molecule has 4 aromatic heterocycles. The summed E-state index contributed by atoms with van der Waals surface area (Å²) in [5, 5.41) is 12.9. The number of nitrogens with zero attached hydrogens (tertiary/aromatic N) is 5. The number of rotatable bonds is 6. The second kappa shape index (κ2) is 8.45. The van der Waals surface area contributed by atoms with Crippen molar-refractivity contribution in [1.29, 1.82) is 0 Å². The second-order valence-electron chi connectivity index (χ2n) is 7.63. The van der Waals surface area contributed by atoms with Crippen LogP contribution in [0.2, 0.25) is 0 Å². The zero-order valence-electron chi connectivity index (χ0n) is 18.5. The van der Waals surface area contributed by atoms with Crippen molar-refractivity contribution >= 4 is 11.6 Å². The van der Waals surface area contributed by atoms with Gasteiger partial charge in [-0.1, -0.05) is 30.3 Å². The van der Waals surface area contributed by atoms with Crippen LogP contribution >= 0.6 is 0 Å². The summed E-state index contributed by atoms with van der Waals surface area (Å²) >= 11 is 0. The van der Waals surface area contributed by atoms with Crippen LogP contribution in [-0.4, -0.2) is 36.9 Å². The zero-order valence-corrected chi connectivity index (χ0v) is 18.5. The van der Waals surface area contributed by atoms with Gasteiger partial charge in [0.05, 0.1) is 25.0 Å². The molecule has 5 rings (SSSR count). The van der Waals surface area contributed by atoms with Gasteiger partial charge in [-0.05, 0) is 18.6 Å². The molecule has 0 radical (unpaired) electrons.